The Bertz CT molecular complexity index is 303. The summed E-state index contributed by atoms with van der Waals surface area (Å²) in [7, 11) is -3.12. The fourth-order valence-corrected chi connectivity index (χ4v) is 2.32. The summed E-state index contributed by atoms with van der Waals surface area (Å²) in [4.78, 5) is 10.8. The van der Waals surface area contributed by atoms with Gasteiger partial charge in [-0.3, -0.25) is 4.79 Å². The summed E-state index contributed by atoms with van der Waals surface area (Å²) in [5.74, 6) is -1.56. The minimum Gasteiger partial charge on any atom is -0.481 e. The molecule has 0 aliphatic heterocycles. The lowest BCUT2D eigenvalue weighted by atomic mass is 9.94. The maximum Gasteiger partial charge on any atom is 0.306 e. The third-order valence-corrected chi connectivity index (χ3v) is 4.79. The van der Waals surface area contributed by atoms with Crippen molar-refractivity contribution in [3.05, 3.63) is 0 Å². The minimum atomic E-state index is -3.12. The average Bonchev–Trinajstić information content (AvgIpc) is 2.02. The lowest BCUT2D eigenvalue weighted by molar-refractivity contribution is -0.143. The Balaban J connectivity index is 4.42. The molecule has 5 heteroatoms. The molecule has 0 amide bonds. The number of aliphatic carboxylic acids is 1. The van der Waals surface area contributed by atoms with Crippen molar-refractivity contribution in [2.24, 2.45) is 11.8 Å². The molecule has 0 aromatic rings. The van der Waals surface area contributed by atoms with Crippen LogP contribution in [0, 0.1) is 11.8 Å². The molecule has 0 saturated carbocycles. The van der Waals surface area contributed by atoms with Gasteiger partial charge in [-0.15, -0.1) is 0 Å². The van der Waals surface area contributed by atoms with E-state index in [0.29, 0.717) is 0 Å². The fraction of sp³-hybridized carbons (Fsp3) is 0.900. The van der Waals surface area contributed by atoms with E-state index in [1.165, 1.54) is 0 Å². The van der Waals surface area contributed by atoms with Crippen molar-refractivity contribution in [3.63, 3.8) is 0 Å². The molecule has 0 rings (SSSR count). The van der Waals surface area contributed by atoms with Crippen LogP contribution in [0.2, 0.25) is 0 Å². The Morgan fingerprint density at radius 1 is 1.20 bits per heavy atom. The number of carboxylic acids is 1. The Morgan fingerprint density at radius 2 is 1.67 bits per heavy atom. The van der Waals surface area contributed by atoms with Crippen molar-refractivity contribution in [2.45, 2.75) is 39.4 Å². The van der Waals surface area contributed by atoms with Crippen LogP contribution in [0.3, 0.4) is 0 Å². The van der Waals surface area contributed by atoms with Gasteiger partial charge >= 0.3 is 5.97 Å². The largest absolute Gasteiger partial charge is 0.481 e. The van der Waals surface area contributed by atoms with E-state index in [-0.39, 0.29) is 18.1 Å². The maximum absolute atomic E-state index is 11.5. The van der Waals surface area contributed by atoms with Crippen molar-refractivity contribution in [3.8, 4) is 0 Å². The van der Waals surface area contributed by atoms with Gasteiger partial charge in [-0.1, -0.05) is 13.8 Å². The highest BCUT2D eigenvalue weighted by Crippen LogP contribution is 2.17. The third kappa shape index (κ3) is 4.64. The van der Waals surface area contributed by atoms with Crippen LogP contribution < -0.4 is 0 Å². The van der Waals surface area contributed by atoms with Crippen LogP contribution in [-0.2, 0) is 14.6 Å². The summed E-state index contributed by atoms with van der Waals surface area (Å²) < 4.78 is 23.0. The Hall–Kier alpha value is -0.580. The standard InChI is InChI=1S/C10H20O4S/c1-7(2)9(10(11)12)5-6-15(13,14)8(3)4/h7-9H,5-6H2,1-4H3,(H,11,12). The van der Waals surface area contributed by atoms with Crippen LogP contribution in [0.1, 0.15) is 34.1 Å². The highest BCUT2D eigenvalue weighted by molar-refractivity contribution is 7.91. The van der Waals surface area contributed by atoms with Crippen molar-refractivity contribution in [1.82, 2.24) is 0 Å². The first-order chi connectivity index (χ1) is 6.68. The first-order valence-corrected chi connectivity index (χ1v) is 6.84. The van der Waals surface area contributed by atoms with E-state index in [2.05, 4.69) is 0 Å². The molecule has 0 bridgehead atoms. The number of sulfone groups is 1. The van der Waals surface area contributed by atoms with E-state index in [0.717, 1.165) is 0 Å². The van der Waals surface area contributed by atoms with Crippen LogP contribution in [0.4, 0.5) is 0 Å². The van der Waals surface area contributed by atoms with E-state index in [4.69, 9.17) is 5.11 Å². The first-order valence-electron chi connectivity index (χ1n) is 5.13. The number of rotatable bonds is 6. The molecular formula is C10H20O4S. The van der Waals surface area contributed by atoms with Crippen molar-refractivity contribution >= 4 is 15.8 Å². The zero-order chi connectivity index (χ0) is 12.2. The van der Waals surface area contributed by atoms with E-state index in [1.807, 2.05) is 0 Å². The molecule has 15 heavy (non-hydrogen) atoms. The lowest BCUT2D eigenvalue weighted by Gasteiger charge is -2.16. The summed E-state index contributed by atoms with van der Waals surface area (Å²) in [6.45, 7) is 6.81. The number of hydrogen-bond donors (Lipinski definition) is 1. The second-order valence-corrected chi connectivity index (χ2v) is 7.07. The van der Waals surface area contributed by atoms with Crippen molar-refractivity contribution in [1.29, 1.82) is 0 Å². The van der Waals surface area contributed by atoms with Crippen LogP contribution >= 0.6 is 0 Å². The van der Waals surface area contributed by atoms with Gasteiger partial charge < -0.3 is 5.11 Å². The monoisotopic (exact) mass is 236 g/mol. The third-order valence-electron chi connectivity index (χ3n) is 2.55. The summed E-state index contributed by atoms with van der Waals surface area (Å²) in [6.07, 6.45) is 0.202. The van der Waals surface area contributed by atoms with Gasteiger partial charge in [0, 0.05) is 0 Å². The van der Waals surface area contributed by atoms with Crippen LogP contribution in [0.5, 0.6) is 0 Å². The van der Waals surface area contributed by atoms with Crippen molar-refractivity contribution in [2.75, 3.05) is 5.75 Å². The van der Waals surface area contributed by atoms with E-state index in [1.54, 1.807) is 27.7 Å². The average molecular weight is 236 g/mol. The van der Waals surface area contributed by atoms with E-state index < -0.39 is 27.0 Å². The molecule has 0 aliphatic rings. The van der Waals surface area contributed by atoms with Crippen LogP contribution in [-0.4, -0.2) is 30.5 Å². The molecule has 1 atom stereocenters. The normalized spacial score (nSPS) is 14.5. The zero-order valence-corrected chi connectivity index (χ0v) is 10.5. The lowest BCUT2D eigenvalue weighted by Crippen LogP contribution is -2.25. The number of carbonyl (C=O) groups is 1. The van der Waals surface area contributed by atoms with Gasteiger partial charge in [0.1, 0.15) is 0 Å². The Labute approximate surface area is 91.6 Å². The molecule has 0 fully saturated rings. The molecule has 0 radical (unpaired) electrons. The summed E-state index contributed by atoms with van der Waals surface area (Å²) >= 11 is 0. The van der Waals surface area contributed by atoms with Gasteiger partial charge in [-0.05, 0) is 26.2 Å². The SMILES string of the molecule is CC(C)C(CCS(=O)(=O)C(C)C)C(=O)O. The Kier molecular flexibility index (Phi) is 5.28. The van der Waals surface area contributed by atoms with Gasteiger partial charge in [0.05, 0.1) is 16.9 Å². The number of hydrogen-bond acceptors (Lipinski definition) is 3. The molecule has 90 valence electrons. The second kappa shape index (κ2) is 5.49. The summed E-state index contributed by atoms with van der Waals surface area (Å²) in [6, 6.07) is 0. The molecule has 0 aliphatic carbocycles. The topological polar surface area (TPSA) is 71.4 Å². The Morgan fingerprint density at radius 3 is 1.93 bits per heavy atom. The van der Waals surface area contributed by atoms with Gasteiger partial charge in [-0.2, -0.15) is 0 Å². The van der Waals surface area contributed by atoms with Gasteiger partial charge in [0.25, 0.3) is 0 Å². The van der Waals surface area contributed by atoms with Gasteiger partial charge in [0.15, 0.2) is 9.84 Å². The smallest absolute Gasteiger partial charge is 0.306 e. The highest BCUT2D eigenvalue weighted by atomic mass is 32.2. The molecule has 0 heterocycles. The van der Waals surface area contributed by atoms with Crippen LogP contribution in [0.25, 0.3) is 0 Å². The molecule has 1 unspecified atom stereocenters. The molecule has 0 aromatic heterocycles. The molecule has 4 nitrogen and oxygen atoms in total. The predicted octanol–water partition coefficient (Wildman–Crippen LogP) is 1.56. The summed E-state index contributed by atoms with van der Waals surface area (Å²) in [5.41, 5.74) is 0. The highest BCUT2D eigenvalue weighted by Gasteiger charge is 2.25. The van der Waals surface area contributed by atoms with Gasteiger partial charge in [-0.25, -0.2) is 8.42 Å². The fourth-order valence-electron chi connectivity index (χ4n) is 1.27. The van der Waals surface area contributed by atoms with E-state index >= 15 is 0 Å². The molecule has 1 N–H and O–H groups in total. The number of carboxylic acid groups (broad SMARTS) is 1. The van der Waals surface area contributed by atoms with E-state index in [9.17, 15) is 13.2 Å². The molecule has 0 aromatic carbocycles. The molecule has 0 spiro atoms. The minimum absolute atomic E-state index is 0.0372. The predicted molar refractivity (Wildman–Crippen MR) is 59.5 cm³/mol. The quantitative estimate of drug-likeness (QED) is 0.759. The molecule has 0 saturated heterocycles. The van der Waals surface area contributed by atoms with Crippen molar-refractivity contribution < 1.29 is 18.3 Å². The maximum atomic E-state index is 11.5. The first kappa shape index (κ1) is 14.4. The van der Waals surface area contributed by atoms with Crippen LogP contribution in [0.15, 0.2) is 0 Å². The zero-order valence-electron chi connectivity index (χ0n) is 9.73. The second-order valence-electron chi connectivity index (χ2n) is 4.39. The molecular weight excluding hydrogens is 216 g/mol. The van der Waals surface area contributed by atoms with Gasteiger partial charge in [0.2, 0.25) is 0 Å². The summed E-state index contributed by atoms with van der Waals surface area (Å²) in [5, 5.41) is 8.45.